The molecule has 2 aromatic rings. The van der Waals surface area contributed by atoms with E-state index in [4.69, 9.17) is 34.8 Å². The van der Waals surface area contributed by atoms with Gasteiger partial charge < -0.3 is 4.98 Å². The molecule has 0 aliphatic carbocycles. The summed E-state index contributed by atoms with van der Waals surface area (Å²) in [7, 11) is 0. The summed E-state index contributed by atoms with van der Waals surface area (Å²) in [6.07, 6.45) is 4.23. The van der Waals surface area contributed by atoms with Gasteiger partial charge in [0.1, 0.15) is 11.3 Å². The van der Waals surface area contributed by atoms with Gasteiger partial charge in [0.15, 0.2) is 5.15 Å². The first kappa shape index (κ1) is 16.9. The molecule has 0 saturated heterocycles. The van der Waals surface area contributed by atoms with Crippen LogP contribution in [0.5, 0.6) is 0 Å². The molecule has 0 aromatic carbocycles. The van der Waals surface area contributed by atoms with Crippen LogP contribution in [0.4, 0.5) is 0 Å². The smallest absolute Gasteiger partial charge is 0.269 e. The van der Waals surface area contributed by atoms with Gasteiger partial charge in [0.2, 0.25) is 0 Å². The second-order valence-corrected chi connectivity index (χ2v) is 4.74. The van der Waals surface area contributed by atoms with Crippen LogP contribution in [-0.4, -0.2) is 19.9 Å². The summed E-state index contributed by atoms with van der Waals surface area (Å²) in [6, 6.07) is 0. The minimum absolute atomic E-state index is 0.199. The van der Waals surface area contributed by atoms with Gasteiger partial charge in [-0.25, -0.2) is 15.0 Å². The van der Waals surface area contributed by atoms with Crippen LogP contribution >= 0.6 is 34.8 Å². The monoisotopic (exact) mass is 334 g/mol. The first-order chi connectivity index (χ1) is 9.51. The van der Waals surface area contributed by atoms with Crippen molar-refractivity contribution in [2.75, 3.05) is 0 Å². The Morgan fingerprint density at radius 1 is 1.00 bits per heavy atom. The maximum Gasteiger partial charge on any atom is 0.269 e. The molecule has 2 aromatic heterocycles. The molecule has 0 atom stereocenters. The fourth-order valence-electron chi connectivity index (χ4n) is 1.29. The molecular formula is C12H13Cl3N4O. The lowest BCUT2D eigenvalue weighted by Gasteiger charge is -1.98. The molecular weight excluding hydrogens is 323 g/mol. The fraction of sp³-hybridized carbons (Fsp3) is 0.333. The highest BCUT2D eigenvalue weighted by Crippen LogP contribution is 2.21. The van der Waals surface area contributed by atoms with Crippen molar-refractivity contribution in [2.45, 2.75) is 26.7 Å². The minimum atomic E-state index is -0.270. The third-order valence-corrected chi connectivity index (χ3v) is 3.53. The highest BCUT2D eigenvalue weighted by molar-refractivity contribution is 6.41. The van der Waals surface area contributed by atoms with Crippen LogP contribution in [0.3, 0.4) is 0 Å². The third kappa shape index (κ3) is 4.44. The number of aromatic amines is 1. The summed E-state index contributed by atoms with van der Waals surface area (Å²) in [6.45, 7) is 3.86. The first-order valence-corrected chi connectivity index (χ1v) is 7.01. The van der Waals surface area contributed by atoms with Gasteiger partial charge in [-0.2, -0.15) is 0 Å². The Morgan fingerprint density at radius 3 is 2.10 bits per heavy atom. The average molecular weight is 336 g/mol. The zero-order valence-corrected chi connectivity index (χ0v) is 13.2. The molecule has 5 nitrogen and oxygen atoms in total. The maximum atomic E-state index is 10.8. The van der Waals surface area contributed by atoms with Crippen molar-refractivity contribution in [3.8, 4) is 0 Å². The van der Waals surface area contributed by atoms with Crippen LogP contribution < -0.4 is 5.56 Å². The van der Waals surface area contributed by atoms with Crippen molar-refractivity contribution < 1.29 is 0 Å². The maximum absolute atomic E-state index is 10.8. The summed E-state index contributed by atoms with van der Waals surface area (Å²) in [4.78, 5) is 24.7. The van der Waals surface area contributed by atoms with E-state index in [2.05, 4.69) is 19.9 Å². The summed E-state index contributed by atoms with van der Waals surface area (Å²) in [5.74, 6) is 0. The quantitative estimate of drug-likeness (QED) is 0.854. The lowest BCUT2D eigenvalue weighted by Crippen LogP contribution is -2.09. The van der Waals surface area contributed by atoms with Crippen LogP contribution in [0.1, 0.15) is 25.2 Å². The predicted octanol–water partition coefficient (Wildman–Crippen LogP) is 3.33. The molecule has 2 rings (SSSR count). The van der Waals surface area contributed by atoms with Gasteiger partial charge in [0.05, 0.1) is 22.7 Å². The second-order valence-electron chi connectivity index (χ2n) is 3.62. The molecule has 108 valence electrons. The highest BCUT2D eigenvalue weighted by atomic mass is 35.5. The Balaban J connectivity index is 0.000000200. The molecule has 20 heavy (non-hydrogen) atoms. The molecule has 1 N–H and O–H groups in total. The molecule has 0 aliphatic rings. The van der Waals surface area contributed by atoms with E-state index in [9.17, 15) is 4.79 Å². The molecule has 0 unspecified atom stereocenters. The molecule has 0 aliphatic heterocycles. The Hall–Kier alpha value is -1.17. The van der Waals surface area contributed by atoms with Crippen molar-refractivity contribution >= 4 is 34.8 Å². The van der Waals surface area contributed by atoms with Gasteiger partial charge in [-0.05, 0) is 12.8 Å². The highest BCUT2D eigenvalue weighted by Gasteiger charge is 2.03. The van der Waals surface area contributed by atoms with E-state index in [1.54, 1.807) is 0 Å². The van der Waals surface area contributed by atoms with E-state index >= 15 is 0 Å². The molecule has 0 saturated carbocycles. The Morgan fingerprint density at radius 2 is 1.60 bits per heavy atom. The molecule has 8 heteroatoms. The van der Waals surface area contributed by atoms with E-state index in [0.717, 1.165) is 12.1 Å². The van der Waals surface area contributed by atoms with Gasteiger partial charge in [-0.1, -0.05) is 48.7 Å². The van der Waals surface area contributed by atoms with Crippen LogP contribution in [0.2, 0.25) is 15.2 Å². The van der Waals surface area contributed by atoms with Crippen LogP contribution in [-0.2, 0) is 12.8 Å². The average Bonchev–Trinajstić information content (AvgIpc) is 2.45. The van der Waals surface area contributed by atoms with Gasteiger partial charge in [-0.3, -0.25) is 4.79 Å². The van der Waals surface area contributed by atoms with Crippen molar-refractivity contribution in [2.24, 2.45) is 0 Å². The Labute approximate surface area is 131 Å². The van der Waals surface area contributed by atoms with Crippen LogP contribution in [0, 0.1) is 0 Å². The number of halogens is 3. The largest absolute Gasteiger partial charge is 0.312 e. The van der Waals surface area contributed by atoms with Gasteiger partial charge in [-0.15, -0.1) is 0 Å². The van der Waals surface area contributed by atoms with Gasteiger partial charge in [0, 0.05) is 0 Å². The van der Waals surface area contributed by atoms with Crippen molar-refractivity contribution in [1.82, 2.24) is 19.9 Å². The van der Waals surface area contributed by atoms with Crippen molar-refractivity contribution in [3.05, 3.63) is 49.6 Å². The normalized spacial score (nSPS) is 9.85. The number of aromatic nitrogens is 4. The number of hydrogen-bond donors (Lipinski definition) is 1. The number of nitrogens with one attached hydrogen (secondary N) is 1. The lowest BCUT2D eigenvalue weighted by atomic mass is 10.3. The third-order valence-electron chi connectivity index (χ3n) is 2.36. The fourth-order valence-corrected chi connectivity index (χ4v) is 1.92. The number of nitrogens with zero attached hydrogens (tertiary/aromatic N) is 3. The van der Waals surface area contributed by atoms with Crippen LogP contribution in [0.15, 0.2) is 17.4 Å². The SMILES string of the molecule is CCc1nc[nH]c(=O)c1Cl.CCc1ncnc(Cl)c1Cl. The van der Waals surface area contributed by atoms with Crippen molar-refractivity contribution in [3.63, 3.8) is 0 Å². The van der Waals surface area contributed by atoms with E-state index < -0.39 is 0 Å². The van der Waals surface area contributed by atoms with Crippen molar-refractivity contribution in [1.29, 1.82) is 0 Å². The molecule has 0 spiro atoms. The summed E-state index contributed by atoms with van der Waals surface area (Å²) in [5, 5.41) is 0.991. The molecule has 0 bridgehead atoms. The molecule has 0 fully saturated rings. The lowest BCUT2D eigenvalue weighted by molar-refractivity contribution is 0.980. The number of H-pyrrole nitrogens is 1. The number of rotatable bonds is 2. The number of hydrogen-bond acceptors (Lipinski definition) is 4. The Kier molecular flexibility index (Phi) is 6.91. The van der Waals surface area contributed by atoms with E-state index in [1.807, 2.05) is 13.8 Å². The van der Waals surface area contributed by atoms with E-state index in [1.165, 1.54) is 12.7 Å². The van der Waals surface area contributed by atoms with E-state index in [0.29, 0.717) is 22.3 Å². The zero-order valence-electron chi connectivity index (χ0n) is 11.0. The van der Waals surface area contributed by atoms with Gasteiger partial charge >= 0.3 is 0 Å². The summed E-state index contributed by atoms with van der Waals surface area (Å²) < 4.78 is 0. The molecule has 0 amide bonds. The minimum Gasteiger partial charge on any atom is -0.312 e. The summed E-state index contributed by atoms with van der Waals surface area (Å²) in [5.41, 5.74) is 1.17. The molecule has 2 heterocycles. The zero-order chi connectivity index (χ0) is 15.1. The standard InChI is InChI=1S/C6H6Cl2N2.C6H7ClN2O/c1-2-4-5(7)6(8)10-3-9-4;1-2-4-5(7)6(10)9-3-8-4/h3H,2H2,1H3;3H,2H2,1H3,(H,8,9,10). The van der Waals surface area contributed by atoms with Crippen LogP contribution in [0.25, 0.3) is 0 Å². The number of aryl methyl sites for hydroxylation is 2. The topological polar surface area (TPSA) is 71.5 Å². The first-order valence-electron chi connectivity index (χ1n) is 5.88. The predicted molar refractivity (Wildman–Crippen MR) is 80.7 cm³/mol. The Bertz CT molecular complexity index is 630. The van der Waals surface area contributed by atoms with E-state index in [-0.39, 0.29) is 10.6 Å². The second kappa shape index (κ2) is 8.19. The molecule has 0 radical (unpaired) electrons. The summed E-state index contributed by atoms with van der Waals surface area (Å²) >= 11 is 16.9. The van der Waals surface area contributed by atoms with Gasteiger partial charge in [0.25, 0.3) is 5.56 Å².